The molecule has 116 valence electrons. The van der Waals surface area contributed by atoms with Crippen molar-refractivity contribution in [3.63, 3.8) is 0 Å². The van der Waals surface area contributed by atoms with E-state index in [4.69, 9.17) is 16.6 Å². The van der Waals surface area contributed by atoms with Crippen molar-refractivity contribution < 1.29 is 0 Å². The fraction of sp³-hybridized carbons (Fsp3) is 0.562. The van der Waals surface area contributed by atoms with Gasteiger partial charge in [-0.1, -0.05) is 11.6 Å². The van der Waals surface area contributed by atoms with E-state index in [1.807, 2.05) is 0 Å². The topological polar surface area (TPSA) is 46.8 Å². The molecule has 0 spiro atoms. The predicted octanol–water partition coefficient (Wildman–Crippen LogP) is 3.08. The van der Waals surface area contributed by atoms with E-state index >= 15 is 0 Å². The Morgan fingerprint density at radius 2 is 1.91 bits per heavy atom. The zero-order valence-corrected chi connectivity index (χ0v) is 13.6. The molecule has 0 saturated carbocycles. The largest absolute Gasteiger partial charge is 0.333 e. The quantitative estimate of drug-likeness (QED) is 0.854. The number of fused-ring (bicyclic) bond motifs is 1. The van der Waals surface area contributed by atoms with E-state index in [0.29, 0.717) is 5.02 Å². The van der Waals surface area contributed by atoms with Crippen LogP contribution < -0.4 is 4.90 Å². The molecule has 1 saturated heterocycles. The monoisotopic (exact) mass is 317 g/mol. The molecule has 2 aliphatic rings. The number of hydrogen-bond acceptors (Lipinski definition) is 4. The molecule has 0 bridgehead atoms. The maximum atomic E-state index is 5.91. The number of halogens is 1. The van der Waals surface area contributed by atoms with Crippen LogP contribution in [0.4, 0.5) is 5.95 Å². The maximum Gasteiger partial charge on any atom is 0.225 e. The van der Waals surface area contributed by atoms with E-state index in [9.17, 15) is 0 Å². The number of rotatable bonds is 2. The van der Waals surface area contributed by atoms with Crippen molar-refractivity contribution in [2.75, 3.05) is 11.4 Å². The Labute approximate surface area is 135 Å². The molecule has 1 atom stereocenters. The highest BCUT2D eigenvalue weighted by atomic mass is 35.5. The number of hydrogen-bond donors (Lipinski definition) is 0. The van der Waals surface area contributed by atoms with Gasteiger partial charge >= 0.3 is 0 Å². The van der Waals surface area contributed by atoms with Gasteiger partial charge in [0, 0.05) is 19.3 Å². The summed E-state index contributed by atoms with van der Waals surface area (Å²) in [5, 5.41) is 0.576. The Bertz CT molecular complexity index is 679. The number of anilines is 1. The standard InChI is InChI=1S/C16H20ClN5/c1-21-13-6-3-2-5-12(13)20-15(21)14-7-4-8-22(14)16-18-9-11(17)10-19-16/h9-10,14H,2-8H2,1H3/t14-/m1/s1. The van der Waals surface area contributed by atoms with Crippen LogP contribution in [0.1, 0.15) is 48.9 Å². The molecule has 6 heteroatoms. The van der Waals surface area contributed by atoms with Gasteiger partial charge in [0.05, 0.1) is 29.2 Å². The highest BCUT2D eigenvalue weighted by molar-refractivity contribution is 6.30. The van der Waals surface area contributed by atoms with Crippen molar-refractivity contribution in [2.45, 2.75) is 44.6 Å². The molecule has 2 aromatic rings. The van der Waals surface area contributed by atoms with Crippen molar-refractivity contribution in [1.82, 2.24) is 19.5 Å². The van der Waals surface area contributed by atoms with E-state index in [1.165, 1.54) is 30.1 Å². The van der Waals surface area contributed by atoms with Gasteiger partial charge in [-0.25, -0.2) is 15.0 Å². The molecule has 1 aliphatic carbocycles. The molecule has 0 unspecified atom stereocenters. The van der Waals surface area contributed by atoms with E-state index in [2.05, 4.69) is 26.5 Å². The summed E-state index contributed by atoms with van der Waals surface area (Å²) in [6, 6.07) is 0.275. The van der Waals surface area contributed by atoms with E-state index in [0.717, 1.165) is 38.2 Å². The first-order chi connectivity index (χ1) is 10.7. The van der Waals surface area contributed by atoms with Gasteiger partial charge in [-0.3, -0.25) is 0 Å². The summed E-state index contributed by atoms with van der Waals surface area (Å²) in [6.07, 6.45) is 10.4. The maximum absolute atomic E-state index is 5.91. The zero-order valence-electron chi connectivity index (χ0n) is 12.8. The fourth-order valence-corrected chi connectivity index (χ4v) is 3.83. The minimum Gasteiger partial charge on any atom is -0.333 e. The molecule has 0 radical (unpaired) electrons. The average Bonchev–Trinajstić information content (AvgIpc) is 3.13. The van der Waals surface area contributed by atoms with Crippen molar-refractivity contribution in [2.24, 2.45) is 7.05 Å². The van der Waals surface area contributed by atoms with Crippen LogP contribution in [-0.2, 0) is 19.9 Å². The first kappa shape index (κ1) is 14.0. The second-order valence-corrected chi connectivity index (χ2v) is 6.62. The lowest BCUT2D eigenvalue weighted by Crippen LogP contribution is -2.26. The second kappa shape index (κ2) is 5.54. The second-order valence-electron chi connectivity index (χ2n) is 6.18. The van der Waals surface area contributed by atoms with Crippen molar-refractivity contribution >= 4 is 17.5 Å². The van der Waals surface area contributed by atoms with Crippen LogP contribution in [0.3, 0.4) is 0 Å². The Hall–Kier alpha value is -1.62. The highest BCUT2D eigenvalue weighted by Crippen LogP contribution is 2.35. The van der Waals surface area contributed by atoms with Gasteiger partial charge < -0.3 is 9.47 Å². The minimum absolute atomic E-state index is 0.275. The average molecular weight is 318 g/mol. The molecular weight excluding hydrogens is 298 g/mol. The van der Waals surface area contributed by atoms with Crippen molar-refractivity contribution in [1.29, 1.82) is 0 Å². The Kier molecular flexibility index (Phi) is 3.53. The SMILES string of the molecule is Cn1c([C@H]2CCCN2c2ncc(Cl)cn2)nc2c1CCCC2. The molecule has 0 amide bonds. The molecule has 3 heterocycles. The molecular formula is C16H20ClN5. The van der Waals surface area contributed by atoms with E-state index in [-0.39, 0.29) is 6.04 Å². The zero-order chi connectivity index (χ0) is 15.1. The van der Waals surface area contributed by atoms with Gasteiger partial charge in [0.1, 0.15) is 5.82 Å². The molecule has 1 fully saturated rings. The normalized spacial score (nSPS) is 21.2. The third-order valence-electron chi connectivity index (χ3n) is 4.82. The van der Waals surface area contributed by atoms with Crippen LogP contribution in [-0.4, -0.2) is 26.1 Å². The predicted molar refractivity (Wildman–Crippen MR) is 86.2 cm³/mol. The third kappa shape index (κ3) is 2.28. The fourth-order valence-electron chi connectivity index (χ4n) is 3.73. The van der Waals surface area contributed by atoms with Crippen molar-refractivity contribution in [3.8, 4) is 0 Å². The molecule has 0 N–H and O–H groups in total. The molecule has 1 aliphatic heterocycles. The number of nitrogens with zero attached hydrogens (tertiary/aromatic N) is 5. The third-order valence-corrected chi connectivity index (χ3v) is 5.02. The summed E-state index contributed by atoms with van der Waals surface area (Å²) in [6.45, 7) is 0.976. The Morgan fingerprint density at radius 1 is 1.14 bits per heavy atom. The summed E-state index contributed by atoms with van der Waals surface area (Å²) in [5.74, 6) is 1.93. The van der Waals surface area contributed by atoms with Crippen LogP contribution in [0, 0.1) is 0 Å². The first-order valence-electron chi connectivity index (χ1n) is 8.02. The van der Waals surface area contributed by atoms with E-state index in [1.54, 1.807) is 12.4 Å². The summed E-state index contributed by atoms with van der Waals surface area (Å²) < 4.78 is 2.31. The summed E-state index contributed by atoms with van der Waals surface area (Å²) in [5.41, 5.74) is 2.72. The number of aryl methyl sites for hydroxylation is 1. The lowest BCUT2D eigenvalue weighted by Gasteiger charge is -2.24. The molecule has 4 rings (SSSR count). The van der Waals surface area contributed by atoms with Gasteiger partial charge in [0.2, 0.25) is 5.95 Å². The Morgan fingerprint density at radius 3 is 2.68 bits per heavy atom. The first-order valence-corrected chi connectivity index (χ1v) is 8.40. The summed E-state index contributed by atoms with van der Waals surface area (Å²) >= 11 is 5.91. The molecule has 5 nitrogen and oxygen atoms in total. The van der Waals surface area contributed by atoms with Crippen LogP contribution in [0.5, 0.6) is 0 Å². The van der Waals surface area contributed by atoms with Crippen LogP contribution in [0.15, 0.2) is 12.4 Å². The molecule has 0 aromatic carbocycles. The van der Waals surface area contributed by atoms with Gasteiger partial charge in [-0.2, -0.15) is 0 Å². The Balaban J connectivity index is 1.69. The lowest BCUT2D eigenvalue weighted by atomic mass is 10.0. The summed E-state index contributed by atoms with van der Waals surface area (Å²) in [7, 11) is 2.16. The highest BCUT2D eigenvalue weighted by Gasteiger charge is 2.32. The van der Waals surface area contributed by atoms with Crippen LogP contribution in [0.25, 0.3) is 0 Å². The van der Waals surface area contributed by atoms with Gasteiger partial charge in [-0.15, -0.1) is 0 Å². The molecule has 22 heavy (non-hydrogen) atoms. The smallest absolute Gasteiger partial charge is 0.225 e. The number of aromatic nitrogens is 4. The molecule has 2 aromatic heterocycles. The van der Waals surface area contributed by atoms with Gasteiger partial charge in [-0.05, 0) is 38.5 Å². The minimum atomic E-state index is 0.275. The van der Waals surface area contributed by atoms with E-state index < -0.39 is 0 Å². The van der Waals surface area contributed by atoms with Crippen molar-refractivity contribution in [3.05, 3.63) is 34.6 Å². The lowest BCUT2D eigenvalue weighted by molar-refractivity contribution is 0.604. The van der Waals surface area contributed by atoms with Gasteiger partial charge in [0.15, 0.2) is 0 Å². The van der Waals surface area contributed by atoms with Crippen LogP contribution in [0.2, 0.25) is 5.02 Å². The summed E-state index contributed by atoms with van der Waals surface area (Å²) in [4.78, 5) is 16.0. The van der Waals surface area contributed by atoms with Gasteiger partial charge in [0.25, 0.3) is 0 Å². The number of imidazole rings is 1. The van der Waals surface area contributed by atoms with Crippen LogP contribution >= 0.6 is 11.6 Å².